The molecule has 0 aliphatic heterocycles. The van der Waals surface area contributed by atoms with Gasteiger partial charge in [0, 0.05) is 6.07 Å². The van der Waals surface area contributed by atoms with Crippen LogP contribution >= 0.6 is 15.9 Å². The van der Waals surface area contributed by atoms with Crippen LogP contribution in [0.5, 0.6) is 5.75 Å². The summed E-state index contributed by atoms with van der Waals surface area (Å²) in [6, 6.07) is 0.829. The van der Waals surface area contributed by atoms with Crippen molar-refractivity contribution >= 4 is 26.0 Å². The van der Waals surface area contributed by atoms with Crippen LogP contribution in [0.25, 0.3) is 0 Å². The summed E-state index contributed by atoms with van der Waals surface area (Å²) >= 11 is 2.76. The van der Waals surface area contributed by atoms with Crippen molar-refractivity contribution in [2.24, 2.45) is 5.14 Å². The average Bonchev–Trinajstić information content (AvgIpc) is 2.14. The van der Waals surface area contributed by atoms with Crippen molar-refractivity contribution in [3.63, 3.8) is 0 Å². The molecule has 0 saturated heterocycles. The molecule has 0 bridgehead atoms. The molecule has 0 atom stereocenters. The van der Waals surface area contributed by atoms with Crippen LogP contribution in [0.4, 0.5) is 8.78 Å². The molecule has 0 saturated carbocycles. The highest BCUT2D eigenvalue weighted by molar-refractivity contribution is 9.10. The maximum absolute atomic E-state index is 12.4. The lowest BCUT2D eigenvalue weighted by Gasteiger charge is -2.10. The monoisotopic (exact) mass is 316 g/mol. The fraction of sp³-hybridized carbons (Fsp3) is 0.286. The first-order valence-electron chi connectivity index (χ1n) is 3.82. The summed E-state index contributed by atoms with van der Waals surface area (Å²) in [7, 11) is -2.95. The zero-order chi connectivity index (χ0) is 12.5. The number of ether oxygens (including phenoxy) is 1. The van der Waals surface area contributed by atoms with Gasteiger partial charge in [0.1, 0.15) is 16.0 Å². The number of hydrogen-bond donors (Lipinski definition) is 1. The second kappa shape index (κ2) is 4.60. The molecule has 1 aromatic rings. The van der Waals surface area contributed by atoms with E-state index in [9.17, 15) is 17.2 Å². The molecular formula is C7H7BrF2N2O3S. The summed E-state index contributed by atoms with van der Waals surface area (Å²) in [6.07, 6.45) is -2.83. The predicted molar refractivity (Wildman–Crippen MR) is 54.8 cm³/mol. The standard InChI is InChI=1S/C7H7BrF2N2O3S/c1-15-4-2-3(7(9)10)12-6(8)5(4)16(11,13)14/h2,7H,1H3,(H2,11,13,14). The molecule has 1 rings (SSSR count). The average molecular weight is 317 g/mol. The third-order valence-corrected chi connectivity index (χ3v) is 3.45. The normalized spacial score (nSPS) is 11.9. The minimum Gasteiger partial charge on any atom is -0.495 e. The van der Waals surface area contributed by atoms with Gasteiger partial charge in [0.25, 0.3) is 6.43 Å². The molecule has 1 heterocycles. The van der Waals surface area contributed by atoms with Gasteiger partial charge in [-0.1, -0.05) is 0 Å². The molecule has 0 fully saturated rings. The van der Waals surface area contributed by atoms with Gasteiger partial charge < -0.3 is 4.74 Å². The number of alkyl halides is 2. The molecule has 0 aromatic carbocycles. The Bertz CT molecular complexity index is 507. The third kappa shape index (κ3) is 2.66. The SMILES string of the molecule is COc1cc(C(F)F)nc(Br)c1S(N)(=O)=O. The zero-order valence-electron chi connectivity index (χ0n) is 7.95. The van der Waals surface area contributed by atoms with Gasteiger partial charge in [-0.15, -0.1) is 0 Å². The molecule has 16 heavy (non-hydrogen) atoms. The molecule has 5 nitrogen and oxygen atoms in total. The van der Waals surface area contributed by atoms with Crippen LogP contribution in [0.2, 0.25) is 0 Å². The van der Waals surface area contributed by atoms with Crippen LogP contribution in [0.15, 0.2) is 15.6 Å². The maximum atomic E-state index is 12.4. The van der Waals surface area contributed by atoms with E-state index >= 15 is 0 Å². The summed E-state index contributed by atoms with van der Waals surface area (Å²) < 4.78 is 51.4. The van der Waals surface area contributed by atoms with Crippen molar-refractivity contribution in [1.29, 1.82) is 0 Å². The highest BCUT2D eigenvalue weighted by atomic mass is 79.9. The van der Waals surface area contributed by atoms with E-state index in [0.717, 1.165) is 13.2 Å². The fourth-order valence-electron chi connectivity index (χ4n) is 1.02. The van der Waals surface area contributed by atoms with Crippen molar-refractivity contribution < 1.29 is 21.9 Å². The van der Waals surface area contributed by atoms with Crippen molar-refractivity contribution in [2.75, 3.05) is 7.11 Å². The van der Waals surface area contributed by atoms with Gasteiger partial charge in [-0.25, -0.2) is 27.3 Å². The Hall–Kier alpha value is -0.800. The summed E-state index contributed by atoms with van der Waals surface area (Å²) in [5.74, 6) is -0.278. The van der Waals surface area contributed by atoms with E-state index in [1.165, 1.54) is 0 Å². The van der Waals surface area contributed by atoms with Gasteiger partial charge in [-0.3, -0.25) is 0 Å². The van der Waals surface area contributed by atoms with E-state index < -0.39 is 27.0 Å². The summed E-state index contributed by atoms with van der Waals surface area (Å²) in [6.45, 7) is 0. The van der Waals surface area contributed by atoms with Crippen LogP contribution in [0.3, 0.4) is 0 Å². The lowest BCUT2D eigenvalue weighted by molar-refractivity contribution is 0.145. The highest BCUT2D eigenvalue weighted by Crippen LogP contribution is 2.32. The first kappa shape index (κ1) is 13.3. The van der Waals surface area contributed by atoms with Crippen LogP contribution < -0.4 is 9.88 Å². The Labute approximate surface area is 98.8 Å². The van der Waals surface area contributed by atoms with E-state index in [-0.39, 0.29) is 10.4 Å². The van der Waals surface area contributed by atoms with Gasteiger partial charge in [-0.2, -0.15) is 0 Å². The Morgan fingerprint density at radius 1 is 1.56 bits per heavy atom. The first-order valence-corrected chi connectivity index (χ1v) is 6.16. The second-order valence-corrected chi connectivity index (χ2v) is 4.96. The number of pyridine rings is 1. The number of methoxy groups -OCH3 is 1. The smallest absolute Gasteiger partial charge is 0.280 e. The summed E-state index contributed by atoms with van der Waals surface area (Å²) in [5, 5.41) is 4.89. The van der Waals surface area contributed by atoms with E-state index in [2.05, 4.69) is 25.7 Å². The Balaban J connectivity index is 3.53. The molecule has 0 unspecified atom stereocenters. The van der Waals surface area contributed by atoms with Gasteiger partial charge in [0.2, 0.25) is 10.0 Å². The van der Waals surface area contributed by atoms with Crippen LogP contribution in [-0.2, 0) is 10.0 Å². The predicted octanol–water partition coefficient (Wildman–Crippen LogP) is 1.44. The summed E-state index contributed by atoms with van der Waals surface area (Å²) in [5.41, 5.74) is -0.601. The number of nitrogens with two attached hydrogens (primary N) is 1. The lowest BCUT2D eigenvalue weighted by Crippen LogP contribution is -2.15. The maximum Gasteiger partial charge on any atom is 0.280 e. The molecule has 0 aliphatic rings. The number of aromatic nitrogens is 1. The molecule has 9 heteroatoms. The first-order chi connectivity index (χ1) is 7.27. The molecule has 0 amide bonds. The van der Waals surface area contributed by atoms with Crippen molar-refractivity contribution in [3.8, 4) is 5.75 Å². The van der Waals surface area contributed by atoms with Crippen molar-refractivity contribution in [1.82, 2.24) is 4.98 Å². The largest absolute Gasteiger partial charge is 0.495 e. The minimum atomic E-state index is -4.10. The van der Waals surface area contributed by atoms with Gasteiger partial charge >= 0.3 is 0 Å². The van der Waals surface area contributed by atoms with Crippen molar-refractivity contribution in [3.05, 3.63) is 16.4 Å². The Morgan fingerprint density at radius 2 is 2.12 bits per heavy atom. The number of primary sulfonamides is 1. The fourth-order valence-corrected chi connectivity index (χ4v) is 2.80. The minimum absolute atomic E-state index is 0.278. The molecule has 0 aliphatic carbocycles. The highest BCUT2D eigenvalue weighted by Gasteiger charge is 2.23. The van der Waals surface area contributed by atoms with Crippen LogP contribution in [0.1, 0.15) is 12.1 Å². The molecule has 0 spiro atoms. The molecule has 90 valence electrons. The molecule has 2 N–H and O–H groups in total. The van der Waals surface area contributed by atoms with E-state index in [0.29, 0.717) is 0 Å². The third-order valence-electron chi connectivity index (χ3n) is 1.65. The number of hydrogen-bond acceptors (Lipinski definition) is 4. The molecule has 1 aromatic heterocycles. The van der Waals surface area contributed by atoms with Crippen LogP contribution in [0, 0.1) is 0 Å². The van der Waals surface area contributed by atoms with Crippen LogP contribution in [-0.4, -0.2) is 20.5 Å². The zero-order valence-corrected chi connectivity index (χ0v) is 10.3. The van der Waals surface area contributed by atoms with Crippen molar-refractivity contribution in [2.45, 2.75) is 11.3 Å². The van der Waals surface area contributed by atoms with Gasteiger partial charge in [0.15, 0.2) is 4.90 Å². The van der Waals surface area contributed by atoms with E-state index in [4.69, 9.17) is 5.14 Å². The number of nitrogens with zero attached hydrogens (tertiary/aromatic N) is 1. The summed E-state index contributed by atoms with van der Waals surface area (Å²) in [4.78, 5) is 2.92. The second-order valence-electron chi connectivity index (χ2n) is 2.72. The lowest BCUT2D eigenvalue weighted by atomic mass is 10.3. The molecule has 0 radical (unpaired) electrons. The van der Waals surface area contributed by atoms with Gasteiger partial charge in [-0.05, 0) is 15.9 Å². The Morgan fingerprint density at radius 3 is 2.50 bits per heavy atom. The number of rotatable bonds is 3. The van der Waals surface area contributed by atoms with Gasteiger partial charge in [0.05, 0.1) is 7.11 Å². The quantitative estimate of drug-likeness (QED) is 0.855. The Kier molecular flexibility index (Phi) is 3.81. The molecular weight excluding hydrogens is 310 g/mol. The van der Waals surface area contributed by atoms with E-state index in [1.54, 1.807) is 0 Å². The topological polar surface area (TPSA) is 82.3 Å². The van der Waals surface area contributed by atoms with E-state index in [1.807, 2.05) is 0 Å². The number of sulfonamides is 1. The number of halogens is 3.